The first kappa shape index (κ1) is 31.3. The summed E-state index contributed by atoms with van der Waals surface area (Å²) in [7, 11) is 3.48. The minimum Gasteiger partial charge on any atom is -0.383 e. The third-order valence-electron chi connectivity index (χ3n) is 9.37. The molecule has 8 heteroatoms. The molecule has 0 bridgehead atoms. The number of aromatic nitrogens is 3. The lowest BCUT2D eigenvalue weighted by molar-refractivity contribution is -0.132. The number of imidazole rings is 1. The summed E-state index contributed by atoms with van der Waals surface area (Å²) >= 11 is 0. The van der Waals surface area contributed by atoms with E-state index >= 15 is 0 Å². The minimum absolute atomic E-state index is 0.0348. The molecule has 0 saturated carbocycles. The molecular weight excluding hydrogens is 574 g/mol. The number of likely N-dealkylation sites (tertiary alicyclic amines) is 1. The Morgan fingerprint density at radius 3 is 2.50 bits per heavy atom. The predicted octanol–water partition coefficient (Wildman–Crippen LogP) is 6.60. The molecule has 1 unspecified atom stereocenters. The van der Waals surface area contributed by atoms with Crippen LogP contribution < -0.4 is 0 Å². The number of carbonyl (C=O) groups excluding carboxylic acids is 2. The molecule has 6 rings (SSSR count). The van der Waals surface area contributed by atoms with Gasteiger partial charge in [-0.3, -0.25) is 9.59 Å². The molecule has 3 heterocycles. The van der Waals surface area contributed by atoms with Crippen LogP contribution >= 0.6 is 0 Å². The van der Waals surface area contributed by atoms with Crippen LogP contribution in [-0.2, 0) is 16.0 Å². The zero-order valence-corrected chi connectivity index (χ0v) is 26.8. The van der Waals surface area contributed by atoms with Gasteiger partial charge in [0.1, 0.15) is 0 Å². The van der Waals surface area contributed by atoms with E-state index in [0.717, 1.165) is 66.4 Å². The molecule has 1 aliphatic heterocycles. The quantitative estimate of drug-likeness (QED) is 0.171. The number of aryl methyl sites for hydroxylation is 1. The van der Waals surface area contributed by atoms with E-state index in [1.54, 1.807) is 18.3 Å². The van der Waals surface area contributed by atoms with Crippen LogP contribution in [0.5, 0.6) is 0 Å². The number of methoxy groups -OCH3 is 1. The van der Waals surface area contributed by atoms with Crippen molar-refractivity contribution in [2.75, 3.05) is 40.4 Å². The highest BCUT2D eigenvalue weighted by molar-refractivity contribution is 6.06. The molecular formula is C38H43N5O3. The van der Waals surface area contributed by atoms with Gasteiger partial charge in [-0.1, -0.05) is 72.8 Å². The maximum Gasteiger partial charge on any atom is 0.255 e. The summed E-state index contributed by atoms with van der Waals surface area (Å²) in [5.41, 5.74) is 4.82. The van der Waals surface area contributed by atoms with E-state index in [9.17, 15) is 9.59 Å². The standard InChI is InChI=1S/C38H43N5O3/c1-41(21-22-46-2)38(45)34-26-43(25-33(34)32-14-8-12-30-11-6-7-13-31(30)32)36(35-24-39-27-40-35)23-29-17-19-42(20-18-29)37(44)16-15-28-9-4-3-5-10-28/h3-14,24-27,29,36H,15-23H2,1-2H3,(H,39,40). The zero-order valence-electron chi connectivity index (χ0n) is 26.8. The van der Waals surface area contributed by atoms with Gasteiger partial charge in [-0.15, -0.1) is 0 Å². The SMILES string of the molecule is COCCN(C)C(=O)c1cn(C(CC2CCN(C(=O)CCc3ccccc3)CC2)c2cnc[nH]2)cc1-c1cccc2ccccc12. The predicted molar refractivity (Wildman–Crippen MR) is 182 cm³/mol. The Morgan fingerprint density at radius 1 is 0.978 bits per heavy atom. The maximum atomic E-state index is 13.9. The highest BCUT2D eigenvalue weighted by Gasteiger charge is 2.29. The van der Waals surface area contributed by atoms with Crippen molar-refractivity contribution in [2.45, 2.75) is 38.1 Å². The van der Waals surface area contributed by atoms with Crippen LogP contribution in [0, 0.1) is 5.92 Å². The van der Waals surface area contributed by atoms with Gasteiger partial charge in [0.05, 0.1) is 36.4 Å². The van der Waals surface area contributed by atoms with Crippen LogP contribution in [0.4, 0.5) is 0 Å². The summed E-state index contributed by atoms with van der Waals surface area (Å²) in [6.07, 6.45) is 11.8. The summed E-state index contributed by atoms with van der Waals surface area (Å²) < 4.78 is 7.46. The molecule has 0 spiro atoms. The van der Waals surface area contributed by atoms with Gasteiger partial charge >= 0.3 is 0 Å². The number of benzene rings is 3. The summed E-state index contributed by atoms with van der Waals surface area (Å²) in [6, 6.07) is 24.7. The third-order valence-corrected chi connectivity index (χ3v) is 9.37. The molecule has 1 saturated heterocycles. The molecule has 2 amide bonds. The summed E-state index contributed by atoms with van der Waals surface area (Å²) in [5, 5.41) is 2.24. The second-order valence-corrected chi connectivity index (χ2v) is 12.3. The lowest BCUT2D eigenvalue weighted by Crippen LogP contribution is -2.39. The fraction of sp³-hybridized carbons (Fsp3) is 0.342. The molecule has 1 N–H and O–H groups in total. The smallest absolute Gasteiger partial charge is 0.255 e. The number of piperidine rings is 1. The first-order valence-electron chi connectivity index (χ1n) is 16.3. The Kier molecular flexibility index (Phi) is 9.94. The van der Waals surface area contributed by atoms with Gasteiger partial charge in [0.15, 0.2) is 0 Å². The number of fused-ring (bicyclic) bond motifs is 1. The van der Waals surface area contributed by atoms with Gasteiger partial charge in [-0.25, -0.2) is 4.98 Å². The molecule has 46 heavy (non-hydrogen) atoms. The number of hydrogen-bond donors (Lipinski definition) is 1. The van der Waals surface area contributed by atoms with Crippen LogP contribution in [0.2, 0.25) is 0 Å². The fourth-order valence-electron chi connectivity index (χ4n) is 6.68. The lowest BCUT2D eigenvalue weighted by atomic mass is 9.89. The average Bonchev–Trinajstić information content (AvgIpc) is 3.80. The van der Waals surface area contributed by atoms with E-state index in [-0.39, 0.29) is 17.9 Å². The number of nitrogens with one attached hydrogen (secondary N) is 1. The van der Waals surface area contributed by atoms with Crippen LogP contribution in [0.25, 0.3) is 21.9 Å². The van der Waals surface area contributed by atoms with E-state index < -0.39 is 0 Å². The van der Waals surface area contributed by atoms with Crippen molar-refractivity contribution in [3.05, 3.63) is 115 Å². The molecule has 2 aromatic heterocycles. The van der Waals surface area contributed by atoms with Crippen molar-refractivity contribution in [3.63, 3.8) is 0 Å². The molecule has 8 nitrogen and oxygen atoms in total. The second-order valence-electron chi connectivity index (χ2n) is 12.3. The normalized spacial score (nSPS) is 14.4. The number of aromatic amines is 1. The summed E-state index contributed by atoms with van der Waals surface area (Å²) in [6.45, 7) is 2.52. The molecule has 0 radical (unpaired) electrons. The Labute approximate surface area is 271 Å². The zero-order chi connectivity index (χ0) is 31.9. The van der Waals surface area contributed by atoms with Crippen molar-refractivity contribution in [1.82, 2.24) is 24.3 Å². The molecule has 1 aliphatic rings. The van der Waals surface area contributed by atoms with Crippen LogP contribution in [-0.4, -0.2) is 76.5 Å². The number of hydrogen-bond acceptors (Lipinski definition) is 4. The third kappa shape index (κ3) is 7.07. The Hall–Kier alpha value is -4.69. The molecule has 1 fully saturated rings. The number of likely N-dealkylation sites (N-methyl/N-ethyl adjacent to an activating group) is 1. The van der Waals surface area contributed by atoms with Crippen molar-refractivity contribution in [2.24, 2.45) is 5.92 Å². The van der Waals surface area contributed by atoms with E-state index in [1.165, 1.54) is 5.56 Å². The first-order valence-corrected chi connectivity index (χ1v) is 16.3. The number of amides is 2. The molecule has 1 atom stereocenters. The monoisotopic (exact) mass is 617 g/mol. The van der Waals surface area contributed by atoms with Gasteiger partial charge in [0.25, 0.3) is 5.91 Å². The molecule has 3 aromatic carbocycles. The van der Waals surface area contributed by atoms with E-state index in [4.69, 9.17) is 4.74 Å². The van der Waals surface area contributed by atoms with E-state index in [1.807, 2.05) is 54.7 Å². The van der Waals surface area contributed by atoms with Crippen molar-refractivity contribution in [1.29, 1.82) is 0 Å². The van der Waals surface area contributed by atoms with Gasteiger partial charge < -0.3 is 24.1 Å². The van der Waals surface area contributed by atoms with E-state index in [0.29, 0.717) is 31.1 Å². The summed E-state index contributed by atoms with van der Waals surface area (Å²) in [4.78, 5) is 38.4. The number of ether oxygens (including phenoxy) is 1. The topological polar surface area (TPSA) is 83.5 Å². The maximum absolute atomic E-state index is 13.9. The molecule has 5 aromatic rings. The minimum atomic E-state index is -0.0376. The first-order chi connectivity index (χ1) is 22.5. The van der Waals surface area contributed by atoms with Crippen LogP contribution in [0.15, 0.2) is 97.7 Å². The fourth-order valence-corrected chi connectivity index (χ4v) is 6.68. The Morgan fingerprint density at radius 2 is 1.74 bits per heavy atom. The highest BCUT2D eigenvalue weighted by atomic mass is 16.5. The molecule has 0 aliphatic carbocycles. The van der Waals surface area contributed by atoms with Crippen LogP contribution in [0.3, 0.4) is 0 Å². The Balaban J connectivity index is 1.25. The summed E-state index contributed by atoms with van der Waals surface area (Å²) in [5.74, 6) is 0.626. The molecule has 238 valence electrons. The van der Waals surface area contributed by atoms with Gasteiger partial charge in [-0.2, -0.15) is 0 Å². The second kappa shape index (κ2) is 14.6. The van der Waals surface area contributed by atoms with Crippen molar-refractivity contribution >= 4 is 22.6 Å². The van der Waals surface area contributed by atoms with Gasteiger partial charge in [0, 0.05) is 58.2 Å². The average molecular weight is 618 g/mol. The van der Waals surface area contributed by atoms with Crippen molar-refractivity contribution in [3.8, 4) is 11.1 Å². The lowest BCUT2D eigenvalue weighted by Gasteiger charge is -2.34. The van der Waals surface area contributed by atoms with Gasteiger partial charge in [-0.05, 0) is 53.5 Å². The van der Waals surface area contributed by atoms with Crippen molar-refractivity contribution < 1.29 is 14.3 Å². The number of H-pyrrole nitrogens is 1. The largest absolute Gasteiger partial charge is 0.383 e. The van der Waals surface area contributed by atoms with Crippen LogP contribution in [0.1, 0.15) is 53.3 Å². The number of nitrogens with zero attached hydrogens (tertiary/aromatic N) is 4. The van der Waals surface area contributed by atoms with E-state index in [2.05, 4.69) is 63.2 Å². The number of rotatable bonds is 12. The highest BCUT2D eigenvalue weighted by Crippen LogP contribution is 2.37. The number of carbonyl (C=O) groups is 2. The van der Waals surface area contributed by atoms with Gasteiger partial charge in [0.2, 0.25) is 5.91 Å². The Bertz CT molecular complexity index is 1730.